The molecule has 112 valence electrons. The number of nitrogens with one attached hydrogen (secondary N) is 1. The Hall–Kier alpha value is -0.450. The molecule has 3 rings (SSSR count). The van der Waals surface area contributed by atoms with Crippen molar-refractivity contribution in [1.29, 1.82) is 0 Å². The van der Waals surface area contributed by atoms with Gasteiger partial charge in [-0.3, -0.25) is 0 Å². The van der Waals surface area contributed by atoms with Crippen LogP contribution in [0.1, 0.15) is 69.1 Å². The molecular weight excluding hydrogens is 268 g/mol. The fourth-order valence-electron chi connectivity index (χ4n) is 3.76. The van der Waals surface area contributed by atoms with Crippen molar-refractivity contribution >= 4 is 11.3 Å². The summed E-state index contributed by atoms with van der Waals surface area (Å²) in [6.45, 7) is 6.36. The lowest BCUT2D eigenvalue weighted by molar-refractivity contribution is -0.0821. The molecule has 0 spiro atoms. The Morgan fingerprint density at radius 2 is 2.35 bits per heavy atom. The van der Waals surface area contributed by atoms with Crippen molar-refractivity contribution in [2.45, 2.75) is 64.0 Å². The molecule has 1 saturated heterocycles. The van der Waals surface area contributed by atoms with Crippen LogP contribution in [0.2, 0.25) is 0 Å². The molecule has 0 bridgehead atoms. The second-order valence-electron chi connectivity index (χ2n) is 6.36. The quantitative estimate of drug-likeness (QED) is 0.911. The smallest absolute Gasteiger partial charge is 0.125 e. The average Bonchev–Trinajstić information content (AvgIpc) is 3.10. The summed E-state index contributed by atoms with van der Waals surface area (Å²) in [7, 11) is 0. The highest BCUT2D eigenvalue weighted by Gasteiger charge is 2.40. The molecule has 0 aromatic carbocycles. The van der Waals surface area contributed by atoms with Crippen molar-refractivity contribution in [3.05, 3.63) is 16.1 Å². The van der Waals surface area contributed by atoms with Crippen LogP contribution in [0, 0.1) is 5.92 Å². The van der Waals surface area contributed by atoms with Crippen LogP contribution in [-0.2, 0) is 10.3 Å². The van der Waals surface area contributed by atoms with Gasteiger partial charge >= 0.3 is 0 Å². The van der Waals surface area contributed by atoms with E-state index in [2.05, 4.69) is 24.5 Å². The van der Waals surface area contributed by atoms with Gasteiger partial charge in [0, 0.05) is 12.0 Å². The third-order valence-corrected chi connectivity index (χ3v) is 5.75. The van der Waals surface area contributed by atoms with Crippen LogP contribution in [0.5, 0.6) is 0 Å². The van der Waals surface area contributed by atoms with E-state index in [1.165, 1.54) is 36.4 Å². The lowest BCUT2D eigenvalue weighted by Crippen LogP contribution is -2.35. The summed E-state index contributed by atoms with van der Waals surface area (Å²) < 4.78 is 6.23. The van der Waals surface area contributed by atoms with Crippen LogP contribution in [0.4, 0.5) is 0 Å². The maximum atomic E-state index is 6.23. The van der Waals surface area contributed by atoms with Crippen LogP contribution in [0.15, 0.2) is 5.38 Å². The van der Waals surface area contributed by atoms with Gasteiger partial charge in [0.25, 0.3) is 0 Å². The first-order valence-electron chi connectivity index (χ1n) is 8.07. The first-order chi connectivity index (χ1) is 9.73. The number of rotatable bonds is 4. The number of thiazole rings is 1. The zero-order valence-electron chi connectivity index (χ0n) is 12.7. The lowest BCUT2D eigenvalue weighted by Gasteiger charge is -2.38. The molecule has 1 aliphatic carbocycles. The van der Waals surface area contributed by atoms with E-state index >= 15 is 0 Å². The van der Waals surface area contributed by atoms with Gasteiger partial charge in [-0.2, -0.15) is 0 Å². The van der Waals surface area contributed by atoms with Crippen molar-refractivity contribution in [3.63, 3.8) is 0 Å². The largest absolute Gasteiger partial charge is 0.368 e. The normalized spacial score (nSPS) is 34.5. The summed E-state index contributed by atoms with van der Waals surface area (Å²) in [5.41, 5.74) is 1.13. The fourth-order valence-corrected chi connectivity index (χ4v) is 4.83. The van der Waals surface area contributed by atoms with Gasteiger partial charge < -0.3 is 10.1 Å². The molecule has 2 unspecified atom stereocenters. The van der Waals surface area contributed by atoms with Crippen LogP contribution < -0.4 is 5.32 Å². The minimum atomic E-state index is -0.103. The van der Waals surface area contributed by atoms with E-state index in [0.29, 0.717) is 6.04 Å². The molecule has 0 amide bonds. The summed E-state index contributed by atoms with van der Waals surface area (Å²) in [5, 5.41) is 7.01. The van der Waals surface area contributed by atoms with Gasteiger partial charge in [-0.1, -0.05) is 13.3 Å². The van der Waals surface area contributed by atoms with Gasteiger partial charge in [0.05, 0.1) is 11.7 Å². The summed E-state index contributed by atoms with van der Waals surface area (Å²) >= 11 is 1.81. The Labute approximate surface area is 126 Å². The molecule has 3 nitrogen and oxygen atoms in total. The number of hydrogen-bond donors (Lipinski definition) is 1. The van der Waals surface area contributed by atoms with E-state index in [9.17, 15) is 0 Å². The van der Waals surface area contributed by atoms with Crippen LogP contribution in [0.25, 0.3) is 0 Å². The average molecular weight is 294 g/mol. The Morgan fingerprint density at radius 1 is 1.45 bits per heavy atom. The van der Waals surface area contributed by atoms with Crippen molar-refractivity contribution < 1.29 is 4.74 Å². The summed E-state index contributed by atoms with van der Waals surface area (Å²) in [4.78, 5) is 4.97. The SMILES string of the molecule is CCOC1(c2nc([C@@H]3CCCN3)cs2)CCCC(C)C1. The minimum absolute atomic E-state index is 0.103. The molecule has 2 heterocycles. The number of hydrogen-bond acceptors (Lipinski definition) is 4. The van der Waals surface area contributed by atoms with Crippen LogP contribution in [0.3, 0.4) is 0 Å². The number of ether oxygens (including phenoxy) is 1. The number of aromatic nitrogens is 1. The second kappa shape index (κ2) is 6.12. The van der Waals surface area contributed by atoms with Gasteiger partial charge in [0.1, 0.15) is 10.6 Å². The Balaban J connectivity index is 1.83. The zero-order valence-corrected chi connectivity index (χ0v) is 13.5. The van der Waals surface area contributed by atoms with Gasteiger partial charge in [0.15, 0.2) is 0 Å². The molecular formula is C16H26N2OS. The fraction of sp³-hybridized carbons (Fsp3) is 0.812. The third kappa shape index (κ3) is 2.78. The van der Waals surface area contributed by atoms with Crippen molar-refractivity contribution in [2.75, 3.05) is 13.2 Å². The van der Waals surface area contributed by atoms with Crippen LogP contribution >= 0.6 is 11.3 Å². The molecule has 4 heteroatoms. The topological polar surface area (TPSA) is 34.1 Å². The molecule has 0 radical (unpaired) electrons. The first-order valence-corrected chi connectivity index (χ1v) is 8.95. The second-order valence-corrected chi connectivity index (χ2v) is 7.21. The van der Waals surface area contributed by atoms with E-state index in [-0.39, 0.29) is 5.60 Å². The maximum Gasteiger partial charge on any atom is 0.125 e. The molecule has 1 saturated carbocycles. The van der Waals surface area contributed by atoms with E-state index in [0.717, 1.165) is 31.9 Å². The highest BCUT2D eigenvalue weighted by Crippen LogP contribution is 2.44. The highest BCUT2D eigenvalue weighted by molar-refractivity contribution is 7.09. The minimum Gasteiger partial charge on any atom is -0.368 e. The molecule has 3 atom stereocenters. The van der Waals surface area contributed by atoms with Gasteiger partial charge in [0.2, 0.25) is 0 Å². The molecule has 20 heavy (non-hydrogen) atoms. The third-order valence-electron chi connectivity index (χ3n) is 4.71. The summed E-state index contributed by atoms with van der Waals surface area (Å²) in [6, 6.07) is 0.472. The summed E-state index contributed by atoms with van der Waals surface area (Å²) in [5.74, 6) is 0.743. The Morgan fingerprint density at radius 3 is 3.05 bits per heavy atom. The van der Waals surface area contributed by atoms with E-state index in [4.69, 9.17) is 9.72 Å². The Bertz CT molecular complexity index is 437. The Kier molecular flexibility index (Phi) is 4.43. The van der Waals surface area contributed by atoms with Crippen molar-refractivity contribution in [1.82, 2.24) is 10.3 Å². The summed E-state index contributed by atoms with van der Waals surface area (Å²) in [6.07, 6.45) is 7.35. The highest BCUT2D eigenvalue weighted by atomic mass is 32.1. The molecule has 1 aliphatic heterocycles. The monoisotopic (exact) mass is 294 g/mol. The van der Waals surface area contributed by atoms with Gasteiger partial charge in [-0.15, -0.1) is 11.3 Å². The molecule has 1 aromatic rings. The molecule has 2 fully saturated rings. The first kappa shape index (κ1) is 14.5. The standard InChI is InChI=1S/C16H26N2OS/c1-3-19-16(8-4-6-12(2)10-16)15-18-14(11-20-15)13-7-5-9-17-13/h11-13,17H,3-10H2,1-2H3/t12?,13-,16?/m0/s1. The van der Waals surface area contributed by atoms with Crippen molar-refractivity contribution in [2.24, 2.45) is 5.92 Å². The predicted octanol–water partition coefficient (Wildman–Crippen LogP) is 4.01. The lowest BCUT2D eigenvalue weighted by atomic mass is 9.79. The van der Waals surface area contributed by atoms with Gasteiger partial charge in [-0.05, 0) is 51.5 Å². The van der Waals surface area contributed by atoms with E-state index in [1.807, 2.05) is 11.3 Å². The van der Waals surface area contributed by atoms with E-state index in [1.54, 1.807) is 0 Å². The number of nitrogens with zero attached hydrogens (tertiary/aromatic N) is 1. The molecule has 2 aliphatic rings. The van der Waals surface area contributed by atoms with Crippen molar-refractivity contribution in [3.8, 4) is 0 Å². The van der Waals surface area contributed by atoms with E-state index < -0.39 is 0 Å². The predicted molar refractivity (Wildman–Crippen MR) is 83.0 cm³/mol. The molecule has 1 N–H and O–H groups in total. The zero-order chi connectivity index (χ0) is 14.0. The van der Waals surface area contributed by atoms with Crippen LogP contribution in [-0.4, -0.2) is 18.1 Å². The molecule has 1 aromatic heterocycles. The van der Waals surface area contributed by atoms with Gasteiger partial charge in [-0.25, -0.2) is 4.98 Å². The maximum absolute atomic E-state index is 6.23.